The van der Waals surface area contributed by atoms with Crippen molar-refractivity contribution in [3.63, 3.8) is 0 Å². The van der Waals surface area contributed by atoms with Gasteiger partial charge in [-0.15, -0.1) is 0 Å². The van der Waals surface area contributed by atoms with E-state index in [1.54, 1.807) is 0 Å². The lowest BCUT2D eigenvalue weighted by Gasteiger charge is -2.28. The Labute approximate surface area is 94.1 Å². The molecular weight excluding hydrogens is 212 g/mol. The summed E-state index contributed by atoms with van der Waals surface area (Å²) >= 11 is 0. The number of hydrogen-bond donors (Lipinski definition) is 0. The first-order chi connectivity index (χ1) is 7.60. The zero-order valence-corrected chi connectivity index (χ0v) is 9.52. The molecule has 0 aromatic rings. The second-order valence-corrected chi connectivity index (χ2v) is 4.04. The van der Waals surface area contributed by atoms with Crippen molar-refractivity contribution in [1.29, 1.82) is 0 Å². The Morgan fingerprint density at radius 2 is 2.06 bits per heavy atom. The predicted octanol–water partition coefficient (Wildman–Crippen LogP) is 0.708. The maximum absolute atomic E-state index is 11.8. The monoisotopic (exact) mass is 228 g/mol. The van der Waals surface area contributed by atoms with Crippen LogP contribution in [0.15, 0.2) is 0 Å². The van der Waals surface area contributed by atoms with Crippen molar-refractivity contribution in [2.45, 2.75) is 25.7 Å². The molecule has 0 aromatic heterocycles. The fraction of sp³-hybridized carbons (Fsp3) is 0.727. The molecule has 5 heteroatoms. The minimum Gasteiger partial charge on any atom is -0.469 e. The zero-order valence-electron chi connectivity index (χ0n) is 9.52. The standard InChI is InChI=1S/C11H16O5/c1-15-9(13)6-11(10(14)16-2)5-3-4-8(11)7-12/h7-8H,3-6H2,1-2H3/t8-,11+/m1/s1. The van der Waals surface area contributed by atoms with E-state index in [0.29, 0.717) is 12.8 Å². The van der Waals surface area contributed by atoms with Gasteiger partial charge >= 0.3 is 11.9 Å². The molecule has 2 atom stereocenters. The highest BCUT2D eigenvalue weighted by molar-refractivity contribution is 5.87. The maximum Gasteiger partial charge on any atom is 0.313 e. The third-order valence-corrected chi connectivity index (χ3v) is 3.29. The molecule has 16 heavy (non-hydrogen) atoms. The number of ether oxygens (including phenoxy) is 2. The van der Waals surface area contributed by atoms with Crippen LogP contribution >= 0.6 is 0 Å². The number of esters is 2. The molecule has 0 N–H and O–H groups in total. The summed E-state index contributed by atoms with van der Waals surface area (Å²) in [6, 6.07) is 0. The summed E-state index contributed by atoms with van der Waals surface area (Å²) in [6.07, 6.45) is 2.52. The van der Waals surface area contributed by atoms with E-state index in [2.05, 4.69) is 4.74 Å². The molecule has 0 amide bonds. The van der Waals surface area contributed by atoms with Gasteiger partial charge in [-0.2, -0.15) is 0 Å². The van der Waals surface area contributed by atoms with Crippen molar-refractivity contribution in [2.75, 3.05) is 14.2 Å². The SMILES string of the molecule is COC(=O)C[C@@]1(C(=O)OC)CCC[C@@H]1C=O. The van der Waals surface area contributed by atoms with E-state index >= 15 is 0 Å². The summed E-state index contributed by atoms with van der Waals surface area (Å²) in [7, 11) is 2.53. The van der Waals surface area contributed by atoms with E-state index in [1.807, 2.05) is 0 Å². The first kappa shape index (κ1) is 12.7. The summed E-state index contributed by atoms with van der Waals surface area (Å²) in [6.45, 7) is 0. The predicted molar refractivity (Wildman–Crippen MR) is 54.5 cm³/mol. The number of methoxy groups -OCH3 is 2. The van der Waals surface area contributed by atoms with Crippen LogP contribution in [-0.2, 0) is 23.9 Å². The largest absolute Gasteiger partial charge is 0.469 e. The summed E-state index contributed by atoms with van der Waals surface area (Å²) in [5.74, 6) is -1.43. The number of aldehydes is 1. The Morgan fingerprint density at radius 1 is 1.38 bits per heavy atom. The first-order valence-electron chi connectivity index (χ1n) is 5.21. The van der Waals surface area contributed by atoms with Gasteiger partial charge in [0.05, 0.1) is 26.1 Å². The van der Waals surface area contributed by atoms with Crippen molar-refractivity contribution in [3.8, 4) is 0 Å². The van der Waals surface area contributed by atoms with Crippen LogP contribution in [0.3, 0.4) is 0 Å². The van der Waals surface area contributed by atoms with Crippen molar-refractivity contribution < 1.29 is 23.9 Å². The number of carbonyl (C=O) groups excluding carboxylic acids is 3. The van der Waals surface area contributed by atoms with Gasteiger partial charge in [0.25, 0.3) is 0 Å². The molecule has 0 aromatic carbocycles. The lowest BCUT2D eigenvalue weighted by molar-refractivity contribution is -0.162. The Bertz CT molecular complexity index is 299. The fourth-order valence-electron chi connectivity index (χ4n) is 2.38. The molecule has 0 saturated heterocycles. The van der Waals surface area contributed by atoms with E-state index in [1.165, 1.54) is 14.2 Å². The van der Waals surface area contributed by atoms with Crippen LogP contribution in [0.1, 0.15) is 25.7 Å². The molecule has 5 nitrogen and oxygen atoms in total. The Kier molecular flexibility index (Phi) is 4.04. The molecule has 0 bridgehead atoms. The minimum absolute atomic E-state index is 0.0837. The van der Waals surface area contributed by atoms with Crippen molar-refractivity contribution in [3.05, 3.63) is 0 Å². The van der Waals surface area contributed by atoms with E-state index in [0.717, 1.165) is 12.7 Å². The van der Waals surface area contributed by atoms with Crippen molar-refractivity contribution in [1.82, 2.24) is 0 Å². The van der Waals surface area contributed by atoms with Gasteiger partial charge in [-0.25, -0.2) is 0 Å². The highest BCUT2D eigenvalue weighted by Crippen LogP contribution is 2.46. The van der Waals surface area contributed by atoms with Crippen LogP contribution in [0.25, 0.3) is 0 Å². The summed E-state index contributed by atoms with van der Waals surface area (Å²) in [4.78, 5) is 34.0. The van der Waals surface area contributed by atoms with Crippen LogP contribution in [0, 0.1) is 11.3 Å². The Balaban J connectivity index is 2.96. The molecule has 1 aliphatic carbocycles. The zero-order chi connectivity index (χ0) is 12.2. The lowest BCUT2D eigenvalue weighted by atomic mass is 9.75. The molecule has 90 valence electrons. The van der Waals surface area contributed by atoms with Gasteiger partial charge in [0.1, 0.15) is 6.29 Å². The molecule has 1 fully saturated rings. The van der Waals surface area contributed by atoms with Crippen molar-refractivity contribution in [2.24, 2.45) is 11.3 Å². The molecular formula is C11H16O5. The van der Waals surface area contributed by atoms with Gasteiger partial charge < -0.3 is 14.3 Å². The minimum atomic E-state index is -1.01. The second-order valence-electron chi connectivity index (χ2n) is 4.04. The summed E-state index contributed by atoms with van der Waals surface area (Å²) < 4.78 is 9.27. The molecule has 1 rings (SSSR count). The van der Waals surface area contributed by atoms with Gasteiger partial charge in [0.2, 0.25) is 0 Å². The third-order valence-electron chi connectivity index (χ3n) is 3.29. The maximum atomic E-state index is 11.8. The molecule has 0 radical (unpaired) electrons. The van der Waals surface area contributed by atoms with Crippen LogP contribution in [0.4, 0.5) is 0 Å². The van der Waals surface area contributed by atoms with Gasteiger partial charge in [-0.3, -0.25) is 9.59 Å². The number of rotatable bonds is 4. The smallest absolute Gasteiger partial charge is 0.313 e. The first-order valence-corrected chi connectivity index (χ1v) is 5.21. The van der Waals surface area contributed by atoms with Gasteiger partial charge in [-0.1, -0.05) is 6.42 Å². The average molecular weight is 228 g/mol. The Hall–Kier alpha value is -1.39. The highest BCUT2D eigenvalue weighted by Gasteiger charge is 2.51. The van der Waals surface area contributed by atoms with Gasteiger partial charge in [0.15, 0.2) is 0 Å². The molecule has 1 aliphatic rings. The van der Waals surface area contributed by atoms with Crippen LogP contribution in [0.2, 0.25) is 0 Å². The molecule has 1 saturated carbocycles. The third kappa shape index (κ3) is 2.08. The summed E-state index contributed by atoms with van der Waals surface area (Å²) in [5.41, 5.74) is -1.01. The van der Waals surface area contributed by atoms with E-state index in [9.17, 15) is 14.4 Å². The van der Waals surface area contributed by atoms with E-state index in [4.69, 9.17) is 4.74 Å². The lowest BCUT2D eigenvalue weighted by Crippen LogP contribution is -2.39. The molecule has 0 heterocycles. The number of carbonyl (C=O) groups is 3. The number of hydrogen-bond acceptors (Lipinski definition) is 5. The normalized spacial score (nSPS) is 28.5. The molecule has 0 aliphatic heterocycles. The molecule has 0 unspecified atom stereocenters. The van der Waals surface area contributed by atoms with Crippen LogP contribution < -0.4 is 0 Å². The second kappa shape index (κ2) is 5.09. The topological polar surface area (TPSA) is 69.7 Å². The average Bonchev–Trinajstić information content (AvgIpc) is 2.71. The van der Waals surface area contributed by atoms with Crippen LogP contribution in [0.5, 0.6) is 0 Å². The fourth-order valence-corrected chi connectivity index (χ4v) is 2.38. The van der Waals surface area contributed by atoms with Crippen LogP contribution in [-0.4, -0.2) is 32.4 Å². The van der Waals surface area contributed by atoms with E-state index in [-0.39, 0.29) is 6.42 Å². The quantitative estimate of drug-likeness (QED) is 0.523. The van der Waals surface area contributed by atoms with Gasteiger partial charge in [-0.05, 0) is 12.8 Å². The highest BCUT2D eigenvalue weighted by atomic mass is 16.5. The van der Waals surface area contributed by atoms with Crippen molar-refractivity contribution >= 4 is 18.2 Å². The Morgan fingerprint density at radius 3 is 2.56 bits per heavy atom. The van der Waals surface area contributed by atoms with E-state index < -0.39 is 23.3 Å². The van der Waals surface area contributed by atoms with Gasteiger partial charge in [0, 0.05) is 5.92 Å². The molecule has 0 spiro atoms. The summed E-state index contributed by atoms with van der Waals surface area (Å²) in [5, 5.41) is 0.